The van der Waals surface area contributed by atoms with Gasteiger partial charge >= 0.3 is 0 Å². The van der Waals surface area contributed by atoms with Crippen LogP contribution in [0.25, 0.3) is 0 Å². The number of rotatable bonds is 9. The molecule has 1 aliphatic rings. The molecular weight excluding hydrogens is 367 g/mol. The molecule has 0 bridgehead atoms. The molecule has 0 amide bonds. The highest BCUT2D eigenvalue weighted by molar-refractivity contribution is 7.89. The van der Waals surface area contributed by atoms with Crippen LogP contribution < -0.4 is 5.32 Å². The molecule has 1 unspecified atom stereocenters. The fourth-order valence-corrected chi connectivity index (χ4v) is 4.35. The van der Waals surface area contributed by atoms with Crippen molar-refractivity contribution in [1.29, 1.82) is 0 Å². The van der Waals surface area contributed by atoms with E-state index in [-0.39, 0.29) is 30.6 Å². The number of hydrogen-bond donors (Lipinski definition) is 2. The van der Waals surface area contributed by atoms with Crippen LogP contribution in [0.15, 0.2) is 35.0 Å². The minimum atomic E-state index is -3.75. The first-order chi connectivity index (χ1) is 11.8. The van der Waals surface area contributed by atoms with Crippen molar-refractivity contribution in [1.82, 2.24) is 4.31 Å². The lowest BCUT2D eigenvalue weighted by Gasteiger charge is -2.19. The Balaban J connectivity index is 2.00. The Morgan fingerprint density at radius 1 is 1.36 bits per heavy atom. The van der Waals surface area contributed by atoms with Gasteiger partial charge in [0.1, 0.15) is 5.83 Å². The number of hydrogen-bond acceptors (Lipinski definition) is 4. The zero-order chi connectivity index (χ0) is 18.4. The van der Waals surface area contributed by atoms with Gasteiger partial charge in [0.25, 0.3) is 0 Å². The summed E-state index contributed by atoms with van der Waals surface area (Å²) >= 11 is 6.23. The van der Waals surface area contributed by atoms with Crippen molar-refractivity contribution in [2.24, 2.45) is 0 Å². The minimum absolute atomic E-state index is 0.0384. The third-order valence-electron chi connectivity index (χ3n) is 4.12. The van der Waals surface area contributed by atoms with Crippen LogP contribution in [0, 0.1) is 0 Å². The van der Waals surface area contributed by atoms with Gasteiger partial charge in [0.2, 0.25) is 10.0 Å². The molecule has 8 heteroatoms. The lowest BCUT2D eigenvalue weighted by Crippen LogP contribution is -2.29. The van der Waals surface area contributed by atoms with Gasteiger partial charge in [-0.1, -0.05) is 24.4 Å². The van der Waals surface area contributed by atoms with Crippen molar-refractivity contribution in [3.63, 3.8) is 0 Å². The molecule has 0 radical (unpaired) electrons. The summed E-state index contributed by atoms with van der Waals surface area (Å²) in [6.07, 6.45) is 4.94. The molecule has 1 atom stereocenters. The van der Waals surface area contributed by atoms with E-state index in [1.807, 2.05) is 6.92 Å². The molecule has 0 spiro atoms. The lowest BCUT2D eigenvalue weighted by atomic mass is 10.1. The number of nitrogens with zero attached hydrogens (tertiary/aromatic N) is 1. The van der Waals surface area contributed by atoms with Gasteiger partial charge in [0, 0.05) is 19.2 Å². The number of aliphatic hydroxyl groups is 1. The Bertz CT molecular complexity index is 725. The van der Waals surface area contributed by atoms with E-state index < -0.39 is 15.9 Å². The van der Waals surface area contributed by atoms with Crippen LogP contribution >= 0.6 is 11.6 Å². The molecule has 0 aromatic heterocycles. The predicted molar refractivity (Wildman–Crippen MR) is 98.0 cm³/mol. The zero-order valence-electron chi connectivity index (χ0n) is 14.2. The highest BCUT2D eigenvalue weighted by Gasteiger charge is 2.28. The molecule has 140 valence electrons. The summed E-state index contributed by atoms with van der Waals surface area (Å²) in [4.78, 5) is 0.0572. The fourth-order valence-electron chi connectivity index (χ4n) is 2.68. The second-order valence-corrected chi connectivity index (χ2v) is 8.55. The quantitative estimate of drug-likeness (QED) is 0.632. The van der Waals surface area contributed by atoms with Gasteiger partial charge in [-0.15, -0.1) is 0 Å². The number of halogens is 2. The monoisotopic (exact) mass is 390 g/mol. The summed E-state index contributed by atoms with van der Waals surface area (Å²) in [5.74, 6) is -0.442. The van der Waals surface area contributed by atoms with E-state index in [9.17, 15) is 12.8 Å². The number of aliphatic hydroxyl groups excluding tert-OH is 1. The molecule has 5 nitrogen and oxygen atoms in total. The van der Waals surface area contributed by atoms with Crippen molar-refractivity contribution in [2.75, 3.05) is 25.0 Å². The Kier molecular flexibility index (Phi) is 7.25. The molecule has 2 rings (SSSR count). The Hall–Kier alpha value is -1.15. The molecule has 1 aromatic carbocycles. The predicted octanol–water partition coefficient (Wildman–Crippen LogP) is 3.55. The molecule has 0 saturated carbocycles. The van der Waals surface area contributed by atoms with Crippen molar-refractivity contribution in [3.8, 4) is 0 Å². The van der Waals surface area contributed by atoms with E-state index in [0.29, 0.717) is 10.7 Å². The fraction of sp³-hybridized carbons (Fsp3) is 0.529. The van der Waals surface area contributed by atoms with Crippen molar-refractivity contribution < 1.29 is 17.9 Å². The molecule has 2 N–H and O–H groups in total. The van der Waals surface area contributed by atoms with Crippen LogP contribution in [0.2, 0.25) is 5.02 Å². The summed E-state index contributed by atoms with van der Waals surface area (Å²) < 4.78 is 39.2. The minimum Gasteiger partial charge on any atom is -0.396 e. The number of nitrogens with one attached hydrogen (secondary N) is 1. The van der Waals surface area contributed by atoms with Crippen LogP contribution in [0.4, 0.5) is 10.1 Å². The van der Waals surface area contributed by atoms with Crippen molar-refractivity contribution >= 4 is 27.3 Å². The second kappa shape index (κ2) is 8.98. The molecule has 0 saturated heterocycles. The smallest absolute Gasteiger partial charge is 0.243 e. The van der Waals surface area contributed by atoms with Crippen LogP contribution in [0.5, 0.6) is 0 Å². The van der Waals surface area contributed by atoms with Crippen LogP contribution in [0.1, 0.15) is 32.6 Å². The molecular formula is C17H24ClFN2O3S. The van der Waals surface area contributed by atoms with Gasteiger partial charge in [-0.2, -0.15) is 4.31 Å². The second-order valence-electron chi connectivity index (χ2n) is 6.21. The van der Waals surface area contributed by atoms with E-state index in [0.717, 1.165) is 30.0 Å². The SMILES string of the molecule is CC(CCCCCO)Nc1ccc(S(=O)(=O)N2CC=C(F)C2)cc1Cl. The van der Waals surface area contributed by atoms with E-state index >= 15 is 0 Å². The lowest BCUT2D eigenvalue weighted by molar-refractivity contribution is 0.282. The average Bonchev–Trinajstić information content (AvgIpc) is 3.01. The van der Waals surface area contributed by atoms with Crippen LogP contribution in [-0.4, -0.2) is 43.6 Å². The Morgan fingerprint density at radius 3 is 2.72 bits per heavy atom. The summed E-state index contributed by atoms with van der Waals surface area (Å²) in [7, 11) is -3.75. The largest absolute Gasteiger partial charge is 0.396 e. The van der Waals surface area contributed by atoms with Gasteiger partial charge in [-0.3, -0.25) is 0 Å². The highest BCUT2D eigenvalue weighted by Crippen LogP contribution is 2.29. The van der Waals surface area contributed by atoms with Gasteiger partial charge in [-0.25, -0.2) is 12.8 Å². The van der Waals surface area contributed by atoms with Crippen molar-refractivity contribution in [3.05, 3.63) is 35.1 Å². The van der Waals surface area contributed by atoms with Crippen LogP contribution in [0.3, 0.4) is 0 Å². The van der Waals surface area contributed by atoms with Gasteiger partial charge in [0.05, 0.1) is 22.2 Å². The number of sulfonamides is 1. The maximum atomic E-state index is 13.2. The molecule has 1 aromatic rings. The summed E-state index contributed by atoms with van der Waals surface area (Å²) in [6.45, 7) is 2.04. The number of benzene rings is 1. The number of anilines is 1. The normalized spacial score (nSPS) is 16.7. The van der Waals surface area contributed by atoms with E-state index in [2.05, 4.69) is 5.32 Å². The maximum absolute atomic E-state index is 13.2. The van der Waals surface area contributed by atoms with Gasteiger partial charge in [0.15, 0.2) is 0 Å². The first kappa shape index (κ1) is 20.2. The van der Waals surface area contributed by atoms with Gasteiger partial charge < -0.3 is 10.4 Å². The van der Waals surface area contributed by atoms with E-state index in [1.165, 1.54) is 18.2 Å². The standard InChI is InChI=1S/C17H24ClFN2O3S/c1-13(5-3-2-4-10-22)20-17-7-6-15(11-16(17)18)25(23,24)21-9-8-14(19)12-21/h6-8,11,13,20,22H,2-5,9-10,12H2,1H3. The van der Waals surface area contributed by atoms with Crippen molar-refractivity contribution in [2.45, 2.75) is 43.5 Å². The number of unbranched alkanes of at least 4 members (excludes halogenated alkanes) is 2. The van der Waals surface area contributed by atoms with Crippen LogP contribution in [-0.2, 0) is 10.0 Å². The third kappa shape index (κ3) is 5.41. The van der Waals surface area contributed by atoms with E-state index in [1.54, 1.807) is 6.07 Å². The Morgan fingerprint density at radius 2 is 2.12 bits per heavy atom. The topological polar surface area (TPSA) is 69.6 Å². The summed E-state index contributed by atoms with van der Waals surface area (Å²) in [5, 5.41) is 12.4. The van der Waals surface area contributed by atoms with E-state index in [4.69, 9.17) is 16.7 Å². The molecule has 1 aliphatic heterocycles. The maximum Gasteiger partial charge on any atom is 0.243 e. The average molecular weight is 391 g/mol. The van der Waals surface area contributed by atoms with Gasteiger partial charge in [-0.05, 0) is 44.0 Å². The molecule has 0 fully saturated rings. The first-order valence-electron chi connectivity index (χ1n) is 8.36. The third-order valence-corrected chi connectivity index (χ3v) is 6.24. The molecule has 1 heterocycles. The summed E-state index contributed by atoms with van der Waals surface area (Å²) in [5.41, 5.74) is 0.668. The molecule has 0 aliphatic carbocycles. The summed E-state index contributed by atoms with van der Waals surface area (Å²) in [6, 6.07) is 4.70. The first-order valence-corrected chi connectivity index (χ1v) is 10.2. The Labute approximate surface area is 153 Å². The highest BCUT2D eigenvalue weighted by atomic mass is 35.5. The zero-order valence-corrected chi connectivity index (χ0v) is 15.8. The molecule has 25 heavy (non-hydrogen) atoms.